The minimum absolute atomic E-state index is 0.0339. The SMILES string of the molecule is CNC1C=CC(c2ccc(-c3nc4ccc(NCCOCCOc5ccc6c(c5)CN(C5CCC(=O)NC5=O)C6=O)cc4s3)c(C(F)(F)F)c2)=CN1. The van der Waals surface area contributed by atoms with Crippen molar-refractivity contribution in [3.8, 4) is 16.3 Å². The van der Waals surface area contributed by atoms with Gasteiger partial charge in [0.05, 0.1) is 35.2 Å². The number of carbonyl (C=O) groups excluding carboxylic acids is 3. The molecule has 0 saturated carbocycles. The Labute approximate surface area is 300 Å². The van der Waals surface area contributed by atoms with Crippen molar-refractivity contribution in [1.29, 1.82) is 0 Å². The number of fused-ring (bicyclic) bond motifs is 2. The largest absolute Gasteiger partial charge is 0.491 e. The topological polar surface area (TPSA) is 134 Å². The number of nitrogens with zero attached hydrogens (tertiary/aromatic N) is 2. The van der Waals surface area contributed by atoms with Gasteiger partial charge in [-0.15, -0.1) is 11.3 Å². The molecule has 2 unspecified atom stereocenters. The van der Waals surface area contributed by atoms with Crippen LogP contribution in [0.4, 0.5) is 18.9 Å². The van der Waals surface area contributed by atoms with Gasteiger partial charge in [-0.2, -0.15) is 13.2 Å². The van der Waals surface area contributed by atoms with Crippen LogP contribution in [-0.2, 0) is 27.0 Å². The second-order valence-electron chi connectivity index (χ2n) is 12.5. The second-order valence-corrected chi connectivity index (χ2v) is 13.5. The van der Waals surface area contributed by atoms with Gasteiger partial charge in [-0.05, 0) is 78.7 Å². The lowest BCUT2D eigenvalue weighted by atomic mass is 9.98. The van der Waals surface area contributed by atoms with Crippen LogP contribution in [0.25, 0.3) is 26.4 Å². The van der Waals surface area contributed by atoms with Crippen LogP contribution < -0.4 is 26.0 Å². The molecule has 3 amide bonds. The first-order valence-electron chi connectivity index (χ1n) is 16.7. The fourth-order valence-corrected chi connectivity index (χ4v) is 7.41. The van der Waals surface area contributed by atoms with E-state index in [0.29, 0.717) is 54.1 Å². The molecule has 0 radical (unpaired) electrons. The van der Waals surface area contributed by atoms with Gasteiger partial charge in [0.1, 0.15) is 23.4 Å². The zero-order chi connectivity index (χ0) is 36.4. The third-order valence-corrected chi connectivity index (χ3v) is 10.1. The summed E-state index contributed by atoms with van der Waals surface area (Å²) in [6.07, 6.45) is 1.19. The van der Waals surface area contributed by atoms with Crippen LogP contribution in [0.3, 0.4) is 0 Å². The van der Waals surface area contributed by atoms with Gasteiger partial charge < -0.3 is 25.0 Å². The Bertz CT molecular complexity index is 2100. The number of amides is 3. The van der Waals surface area contributed by atoms with Crippen LogP contribution in [0, 0.1) is 0 Å². The minimum atomic E-state index is -4.57. The van der Waals surface area contributed by atoms with E-state index in [4.69, 9.17) is 9.47 Å². The van der Waals surface area contributed by atoms with Crippen molar-refractivity contribution < 1.29 is 37.0 Å². The summed E-state index contributed by atoms with van der Waals surface area (Å²) in [5, 5.41) is 12.0. The fourth-order valence-electron chi connectivity index (χ4n) is 6.37. The highest BCUT2D eigenvalue weighted by molar-refractivity contribution is 7.21. The zero-order valence-corrected chi connectivity index (χ0v) is 28.8. The van der Waals surface area contributed by atoms with Crippen molar-refractivity contribution in [2.75, 3.05) is 38.7 Å². The molecule has 11 nitrogen and oxygen atoms in total. The van der Waals surface area contributed by atoms with E-state index in [9.17, 15) is 27.6 Å². The molecule has 4 heterocycles. The Morgan fingerprint density at radius 2 is 1.87 bits per heavy atom. The lowest BCUT2D eigenvalue weighted by molar-refractivity contribution is -0.138. The molecule has 4 aromatic rings. The van der Waals surface area contributed by atoms with E-state index in [1.807, 2.05) is 18.2 Å². The third kappa shape index (κ3) is 7.52. The second kappa shape index (κ2) is 14.8. The molecule has 4 N–H and O–H groups in total. The molecule has 1 fully saturated rings. The summed E-state index contributed by atoms with van der Waals surface area (Å²) < 4.78 is 55.1. The van der Waals surface area contributed by atoms with Crippen LogP contribution in [0.15, 0.2) is 72.9 Å². The van der Waals surface area contributed by atoms with Gasteiger partial charge >= 0.3 is 6.18 Å². The van der Waals surface area contributed by atoms with Crippen molar-refractivity contribution in [2.45, 2.75) is 37.8 Å². The van der Waals surface area contributed by atoms with Gasteiger partial charge in [0.2, 0.25) is 11.8 Å². The molecule has 1 saturated heterocycles. The summed E-state index contributed by atoms with van der Waals surface area (Å²) in [4.78, 5) is 42.7. The maximum Gasteiger partial charge on any atom is 0.417 e. The number of hydrogen-bond donors (Lipinski definition) is 4. The van der Waals surface area contributed by atoms with Crippen LogP contribution in [0.2, 0.25) is 0 Å². The van der Waals surface area contributed by atoms with Crippen molar-refractivity contribution in [2.24, 2.45) is 0 Å². The number of rotatable bonds is 12. The monoisotopic (exact) mass is 732 g/mol. The predicted molar refractivity (Wildman–Crippen MR) is 190 cm³/mol. The van der Waals surface area contributed by atoms with Gasteiger partial charge in [0, 0.05) is 42.5 Å². The first-order valence-corrected chi connectivity index (χ1v) is 17.6. The fraction of sp³-hybridized carbons (Fsp3) is 0.297. The standard InChI is InChI=1S/C37H35F3N6O5S/c1-41-32-10-3-22(19-43-32)21-2-6-27(28(17-21)37(38,39)40)35-44-29-8-4-24(18-31(29)52-35)42-12-13-50-14-15-51-25-5-7-26-23(16-25)20-46(36(26)49)30-9-11-33(47)45-34(30)48/h2-8,10,16-19,30,32,41-43H,9,11-15,20H2,1H3,(H,45,47,48). The average Bonchev–Trinajstić information content (AvgIpc) is 3.70. The summed E-state index contributed by atoms with van der Waals surface area (Å²) in [6.45, 7) is 1.73. The number of thiazole rings is 1. The molecule has 3 aliphatic rings. The number of hydrogen-bond acceptors (Lipinski definition) is 10. The highest BCUT2D eigenvalue weighted by atomic mass is 32.1. The van der Waals surface area contributed by atoms with Crippen molar-refractivity contribution >= 4 is 50.5 Å². The lowest BCUT2D eigenvalue weighted by Gasteiger charge is -2.29. The molecule has 270 valence electrons. The molecule has 7 rings (SSSR count). The number of piperidine rings is 1. The Kier molecular flexibility index (Phi) is 9.99. The summed E-state index contributed by atoms with van der Waals surface area (Å²) in [5.41, 5.74) is 3.07. The molecule has 2 atom stereocenters. The van der Waals surface area contributed by atoms with Crippen LogP contribution in [0.5, 0.6) is 5.75 Å². The number of dihydropyridines is 1. The number of imide groups is 1. The number of ether oxygens (including phenoxy) is 2. The third-order valence-electron chi connectivity index (χ3n) is 9.04. The normalized spacial score (nSPS) is 18.7. The van der Waals surface area contributed by atoms with Gasteiger partial charge in [0.15, 0.2) is 0 Å². The summed E-state index contributed by atoms with van der Waals surface area (Å²) >= 11 is 1.20. The molecule has 1 aromatic heterocycles. The van der Waals surface area contributed by atoms with E-state index in [1.165, 1.54) is 28.4 Å². The molecule has 15 heteroatoms. The number of likely N-dealkylation sites (N-methyl/N-ethyl adjacent to an activating group) is 1. The van der Waals surface area contributed by atoms with Gasteiger partial charge in [-0.3, -0.25) is 25.0 Å². The highest BCUT2D eigenvalue weighted by Crippen LogP contribution is 2.41. The van der Waals surface area contributed by atoms with Gasteiger partial charge in [-0.25, -0.2) is 4.98 Å². The smallest absolute Gasteiger partial charge is 0.417 e. The average molecular weight is 733 g/mol. The number of carbonyl (C=O) groups is 3. The van der Waals surface area contributed by atoms with Crippen LogP contribution >= 0.6 is 11.3 Å². The molecule has 3 aliphatic heterocycles. The summed E-state index contributed by atoms with van der Waals surface area (Å²) in [5.74, 6) is -0.446. The highest BCUT2D eigenvalue weighted by Gasteiger charge is 2.39. The Morgan fingerprint density at radius 1 is 1.02 bits per heavy atom. The number of halogens is 3. The number of alkyl halides is 3. The molecular formula is C37H35F3N6O5S. The Morgan fingerprint density at radius 3 is 2.63 bits per heavy atom. The van der Waals surface area contributed by atoms with Crippen LogP contribution in [-0.4, -0.2) is 73.2 Å². The number of allylic oxidation sites excluding steroid dienone is 2. The Balaban J connectivity index is 0.896. The van der Waals surface area contributed by atoms with E-state index in [1.54, 1.807) is 49.7 Å². The first-order chi connectivity index (χ1) is 25.1. The number of anilines is 1. The van der Waals surface area contributed by atoms with E-state index in [-0.39, 0.29) is 48.1 Å². The van der Waals surface area contributed by atoms with Gasteiger partial charge in [0.25, 0.3) is 5.91 Å². The molecule has 52 heavy (non-hydrogen) atoms. The maximum absolute atomic E-state index is 14.3. The van der Waals surface area contributed by atoms with E-state index in [2.05, 4.69) is 26.3 Å². The first kappa shape index (κ1) is 35.2. The molecule has 0 aliphatic carbocycles. The van der Waals surface area contributed by atoms with E-state index >= 15 is 0 Å². The lowest BCUT2D eigenvalue weighted by Crippen LogP contribution is -2.52. The van der Waals surface area contributed by atoms with Crippen molar-refractivity contribution in [1.82, 2.24) is 25.8 Å². The van der Waals surface area contributed by atoms with Crippen LogP contribution in [0.1, 0.15) is 39.9 Å². The van der Waals surface area contributed by atoms with Crippen molar-refractivity contribution in [3.63, 3.8) is 0 Å². The minimum Gasteiger partial charge on any atom is -0.491 e. The summed E-state index contributed by atoms with van der Waals surface area (Å²) in [7, 11) is 1.79. The summed E-state index contributed by atoms with van der Waals surface area (Å²) in [6, 6.07) is 14.3. The molecule has 3 aromatic carbocycles. The number of aromatic nitrogens is 1. The van der Waals surface area contributed by atoms with E-state index in [0.717, 1.165) is 16.0 Å². The quantitative estimate of drug-likeness (QED) is 0.113. The van der Waals surface area contributed by atoms with Crippen molar-refractivity contribution in [3.05, 3.63) is 95.2 Å². The predicted octanol–water partition coefficient (Wildman–Crippen LogP) is 5.30. The maximum atomic E-state index is 14.3. The molecular weight excluding hydrogens is 698 g/mol. The number of benzene rings is 3. The molecule has 0 spiro atoms. The Hall–Kier alpha value is -5.25. The number of nitrogens with one attached hydrogen (secondary N) is 4. The molecule has 0 bridgehead atoms. The van der Waals surface area contributed by atoms with E-state index < -0.39 is 23.7 Å². The zero-order valence-electron chi connectivity index (χ0n) is 28.0. The van der Waals surface area contributed by atoms with Gasteiger partial charge in [-0.1, -0.05) is 18.2 Å².